The number of benzene rings is 1. The van der Waals surface area contributed by atoms with Crippen LogP contribution in [-0.4, -0.2) is 34.6 Å². The maximum atomic E-state index is 12.6. The molecule has 0 atom stereocenters. The van der Waals surface area contributed by atoms with Crippen LogP contribution in [0.4, 0.5) is 5.82 Å². The first kappa shape index (κ1) is 17.2. The van der Waals surface area contributed by atoms with E-state index in [1.165, 1.54) is 0 Å². The maximum absolute atomic E-state index is 12.6. The fourth-order valence-electron chi connectivity index (χ4n) is 2.72. The standard InChI is InChI=1S/C19H24N2O2S/c1-19(2,24-13-14-7-9-23-10-8-14)18(22)21-17-11-15-5-3-4-6-16(15)12-20-17/h3-6,11-12,14H,7-10,13H2,1-2H3,(H,20,21,22). The zero-order valence-corrected chi connectivity index (χ0v) is 15.1. The molecule has 1 aliphatic heterocycles. The number of ether oxygens (including phenoxy) is 1. The fraction of sp³-hybridized carbons (Fsp3) is 0.474. The Labute approximate surface area is 147 Å². The average Bonchev–Trinajstić information content (AvgIpc) is 2.61. The number of thioether (sulfide) groups is 1. The van der Waals surface area contributed by atoms with Gasteiger partial charge in [0.15, 0.2) is 0 Å². The summed E-state index contributed by atoms with van der Waals surface area (Å²) >= 11 is 1.72. The number of rotatable bonds is 5. The van der Waals surface area contributed by atoms with Gasteiger partial charge in [-0.2, -0.15) is 0 Å². The monoisotopic (exact) mass is 344 g/mol. The van der Waals surface area contributed by atoms with Crippen LogP contribution in [0.5, 0.6) is 0 Å². The second-order valence-corrected chi connectivity index (χ2v) is 8.39. The Kier molecular flexibility index (Phi) is 5.41. The molecular formula is C19H24N2O2S. The third kappa shape index (κ3) is 4.28. The van der Waals surface area contributed by atoms with Gasteiger partial charge in [0.1, 0.15) is 5.82 Å². The molecular weight excluding hydrogens is 320 g/mol. The lowest BCUT2D eigenvalue weighted by Gasteiger charge is -2.27. The smallest absolute Gasteiger partial charge is 0.241 e. The summed E-state index contributed by atoms with van der Waals surface area (Å²) in [5.74, 6) is 2.25. The molecule has 2 heterocycles. The van der Waals surface area contributed by atoms with E-state index in [0.717, 1.165) is 42.6 Å². The number of hydrogen-bond acceptors (Lipinski definition) is 4. The Morgan fingerprint density at radius 1 is 1.29 bits per heavy atom. The highest BCUT2D eigenvalue weighted by molar-refractivity contribution is 8.01. The first-order valence-corrected chi connectivity index (χ1v) is 9.41. The van der Waals surface area contributed by atoms with E-state index in [-0.39, 0.29) is 5.91 Å². The van der Waals surface area contributed by atoms with E-state index >= 15 is 0 Å². The summed E-state index contributed by atoms with van der Waals surface area (Å²) in [6.07, 6.45) is 3.99. The van der Waals surface area contributed by atoms with Crippen LogP contribution in [0.3, 0.4) is 0 Å². The predicted molar refractivity (Wildman–Crippen MR) is 100 cm³/mol. The summed E-state index contributed by atoms with van der Waals surface area (Å²) < 4.78 is 4.92. The third-order valence-electron chi connectivity index (χ3n) is 4.44. The first-order chi connectivity index (χ1) is 11.5. The number of nitrogens with zero attached hydrogens (tertiary/aromatic N) is 1. The molecule has 2 aromatic rings. The van der Waals surface area contributed by atoms with Gasteiger partial charge in [0.05, 0.1) is 4.75 Å². The summed E-state index contributed by atoms with van der Waals surface area (Å²) in [5.41, 5.74) is 0. The van der Waals surface area contributed by atoms with E-state index in [1.807, 2.05) is 44.2 Å². The van der Waals surface area contributed by atoms with Crippen LogP contribution in [0.25, 0.3) is 10.8 Å². The Hall–Kier alpha value is -1.59. The van der Waals surface area contributed by atoms with Crippen molar-refractivity contribution in [1.82, 2.24) is 4.98 Å². The minimum Gasteiger partial charge on any atom is -0.381 e. The Balaban J connectivity index is 1.61. The molecule has 24 heavy (non-hydrogen) atoms. The van der Waals surface area contributed by atoms with Crippen LogP contribution in [0.2, 0.25) is 0 Å². The molecule has 0 spiro atoms. The van der Waals surface area contributed by atoms with Gasteiger partial charge in [-0.25, -0.2) is 4.98 Å². The molecule has 1 amide bonds. The van der Waals surface area contributed by atoms with Gasteiger partial charge in [-0.3, -0.25) is 4.79 Å². The lowest BCUT2D eigenvalue weighted by molar-refractivity contribution is -0.117. The minimum atomic E-state index is -0.481. The number of aromatic nitrogens is 1. The number of carbonyl (C=O) groups excluding carboxylic acids is 1. The zero-order chi connectivity index (χ0) is 17.0. The van der Waals surface area contributed by atoms with E-state index in [0.29, 0.717) is 11.7 Å². The molecule has 0 bridgehead atoms. The predicted octanol–water partition coefficient (Wildman–Crippen LogP) is 4.11. The van der Waals surface area contributed by atoms with Crippen molar-refractivity contribution in [3.8, 4) is 0 Å². The largest absolute Gasteiger partial charge is 0.381 e. The highest BCUT2D eigenvalue weighted by atomic mass is 32.2. The molecule has 0 aliphatic carbocycles. The first-order valence-electron chi connectivity index (χ1n) is 8.42. The number of fused-ring (bicyclic) bond motifs is 1. The second kappa shape index (κ2) is 7.53. The molecule has 1 fully saturated rings. The Morgan fingerprint density at radius 2 is 2.00 bits per heavy atom. The number of hydrogen-bond donors (Lipinski definition) is 1. The molecule has 1 N–H and O–H groups in total. The van der Waals surface area contributed by atoms with Crippen molar-refractivity contribution in [3.63, 3.8) is 0 Å². The van der Waals surface area contributed by atoms with Crippen molar-refractivity contribution in [1.29, 1.82) is 0 Å². The van der Waals surface area contributed by atoms with Crippen molar-refractivity contribution >= 4 is 34.3 Å². The second-order valence-electron chi connectivity index (χ2n) is 6.75. The number of pyridine rings is 1. The van der Waals surface area contributed by atoms with Crippen LogP contribution >= 0.6 is 11.8 Å². The number of nitrogens with one attached hydrogen (secondary N) is 1. The van der Waals surface area contributed by atoms with E-state index in [1.54, 1.807) is 18.0 Å². The van der Waals surface area contributed by atoms with Crippen molar-refractivity contribution in [2.45, 2.75) is 31.4 Å². The molecule has 0 saturated carbocycles. The van der Waals surface area contributed by atoms with Crippen molar-refractivity contribution < 1.29 is 9.53 Å². The van der Waals surface area contributed by atoms with Gasteiger partial charge in [-0.1, -0.05) is 24.3 Å². The molecule has 0 radical (unpaired) electrons. The van der Waals surface area contributed by atoms with Gasteiger partial charge in [0, 0.05) is 24.8 Å². The molecule has 1 saturated heterocycles. The van der Waals surface area contributed by atoms with Crippen molar-refractivity contribution in [2.24, 2.45) is 5.92 Å². The molecule has 3 rings (SSSR count). The fourth-order valence-corrected chi connectivity index (χ4v) is 3.89. The van der Waals surface area contributed by atoms with Crippen LogP contribution in [0.1, 0.15) is 26.7 Å². The quantitative estimate of drug-likeness (QED) is 0.887. The highest BCUT2D eigenvalue weighted by Gasteiger charge is 2.30. The average molecular weight is 344 g/mol. The summed E-state index contributed by atoms with van der Waals surface area (Å²) in [5, 5.41) is 5.12. The number of carbonyl (C=O) groups is 1. The molecule has 1 aliphatic rings. The SMILES string of the molecule is CC(C)(SCC1CCOCC1)C(=O)Nc1cc2ccccc2cn1. The molecule has 1 aromatic carbocycles. The Bertz CT molecular complexity index is 711. The van der Waals surface area contributed by atoms with E-state index in [9.17, 15) is 4.79 Å². The van der Waals surface area contributed by atoms with Gasteiger partial charge in [0.2, 0.25) is 5.91 Å². The van der Waals surface area contributed by atoms with Gasteiger partial charge in [0.25, 0.3) is 0 Å². The van der Waals surface area contributed by atoms with E-state index in [2.05, 4.69) is 10.3 Å². The normalized spacial score (nSPS) is 16.2. The molecule has 1 aromatic heterocycles. The minimum absolute atomic E-state index is 0.00217. The summed E-state index contributed by atoms with van der Waals surface area (Å²) in [7, 11) is 0. The number of amides is 1. The van der Waals surface area contributed by atoms with Crippen LogP contribution < -0.4 is 5.32 Å². The Morgan fingerprint density at radius 3 is 2.75 bits per heavy atom. The van der Waals surface area contributed by atoms with Crippen LogP contribution in [0, 0.1) is 5.92 Å². The number of anilines is 1. The molecule has 0 unspecified atom stereocenters. The van der Waals surface area contributed by atoms with E-state index in [4.69, 9.17) is 4.74 Å². The van der Waals surface area contributed by atoms with Crippen molar-refractivity contribution in [3.05, 3.63) is 36.5 Å². The third-order valence-corrected chi connectivity index (χ3v) is 5.99. The lowest BCUT2D eigenvalue weighted by Crippen LogP contribution is -2.35. The van der Waals surface area contributed by atoms with E-state index < -0.39 is 4.75 Å². The maximum Gasteiger partial charge on any atom is 0.241 e. The topological polar surface area (TPSA) is 51.2 Å². The van der Waals surface area contributed by atoms with Crippen LogP contribution in [-0.2, 0) is 9.53 Å². The lowest BCUT2D eigenvalue weighted by atomic mass is 10.0. The van der Waals surface area contributed by atoms with Gasteiger partial charge >= 0.3 is 0 Å². The summed E-state index contributed by atoms with van der Waals surface area (Å²) in [6.45, 7) is 5.65. The highest BCUT2D eigenvalue weighted by Crippen LogP contribution is 2.31. The zero-order valence-electron chi connectivity index (χ0n) is 14.2. The van der Waals surface area contributed by atoms with Gasteiger partial charge in [-0.05, 0) is 49.8 Å². The molecule has 5 heteroatoms. The van der Waals surface area contributed by atoms with Crippen molar-refractivity contribution in [2.75, 3.05) is 24.3 Å². The van der Waals surface area contributed by atoms with Crippen LogP contribution in [0.15, 0.2) is 36.5 Å². The summed E-state index contributed by atoms with van der Waals surface area (Å²) in [6, 6.07) is 9.94. The van der Waals surface area contributed by atoms with Gasteiger partial charge in [-0.15, -0.1) is 11.8 Å². The summed E-state index contributed by atoms with van der Waals surface area (Å²) in [4.78, 5) is 17.0. The molecule has 128 valence electrons. The van der Waals surface area contributed by atoms with Gasteiger partial charge < -0.3 is 10.1 Å². The molecule has 4 nitrogen and oxygen atoms in total.